The minimum Gasteiger partial charge on any atom is -0.497 e. The molecule has 1 fully saturated rings. The normalized spacial score (nSPS) is 12.6. The summed E-state index contributed by atoms with van der Waals surface area (Å²) >= 11 is 5.75. The number of hydrogen-bond acceptors (Lipinski definition) is 12. The van der Waals surface area contributed by atoms with Crippen LogP contribution >= 0.6 is 43.3 Å². The molecule has 16 nitrogen and oxygen atoms in total. The summed E-state index contributed by atoms with van der Waals surface area (Å²) in [7, 11) is 1.04. The zero-order valence-corrected chi connectivity index (χ0v) is 89.0. The molecule has 1 saturated heterocycles. The van der Waals surface area contributed by atoms with Crippen molar-refractivity contribution in [2.45, 2.75) is 65.1 Å². The van der Waals surface area contributed by atoms with Crippen molar-refractivity contribution in [2.75, 3.05) is 14.2 Å². The zero-order chi connectivity index (χ0) is 102. The molecule has 23 rings (SSSR count). The van der Waals surface area contributed by atoms with Gasteiger partial charge in [-0.15, -0.1) is 0 Å². The second-order valence-electron chi connectivity index (χ2n) is 35.6. The average molecular weight is 2140 g/mol. The fourth-order valence-electron chi connectivity index (χ4n) is 17.1. The molecule has 18 aromatic carbocycles. The van der Waals surface area contributed by atoms with E-state index in [-0.39, 0.29) is 37.6 Å². The van der Waals surface area contributed by atoms with E-state index >= 15 is 0 Å². The summed E-state index contributed by atoms with van der Waals surface area (Å²) in [6.07, 6.45) is -0.779. The predicted octanol–water partition coefficient (Wildman–Crippen LogP) is 23.0. The minimum atomic E-state index is -0.446. The van der Waals surface area contributed by atoms with Crippen LogP contribution in [0.5, 0.6) is 23.0 Å². The Kier molecular flexibility index (Phi) is 37.7. The third-order valence-corrected chi connectivity index (χ3v) is 35.3. The van der Waals surface area contributed by atoms with Gasteiger partial charge in [0.2, 0.25) is 0 Å². The van der Waals surface area contributed by atoms with Crippen molar-refractivity contribution >= 4 is 153 Å². The van der Waals surface area contributed by atoms with Gasteiger partial charge in [-0.3, -0.25) is 19.4 Å². The first-order chi connectivity index (χ1) is 72.4. The van der Waals surface area contributed by atoms with Crippen LogP contribution in [0.25, 0.3) is 32.8 Å². The summed E-state index contributed by atoms with van der Waals surface area (Å²) in [4.78, 5) is 51.7. The van der Waals surface area contributed by atoms with Gasteiger partial charge < -0.3 is 28.3 Å². The van der Waals surface area contributed by atoms with Gasteiger partial charge in [-0.1, -0.05) is 436 Å². The molecular weight excluding hydrogens is 2030 g/mol. The molecule has 0 aliphatic carbocycles. The fraction of sp³-hybridized carbons (Fsp3) is 0.0952. The number of H-pyrrole nitrogens is 2. The number of halogens is 1. The van der Waals surface area contributed by atoms with Crippen LogP contribution in [0.1, 0.15) is 49.9 Å². The van der Waals surface area contributed by atoms with Gasteiger partial charge in [0, 0.05) is 62.9 Å². The maximum atomic E-state index is 12.6. The molecule has 0 radical (unpaired) electrons. The quantitative estimate of drug-likeness (QED) is 0.0612. The van der Waals surface area contributed by atoms with Crippen molar-refractivity contribution in [3.05, 3.63) is 546 Å². The van der Waals surface area contributed by atoms with Crippen molar-refractivity contribution in [3.63, 3.8) is 0 Å². The summed E-state index contributed by atoms with van der Waals surface area (Å²) in [5.74, 6) is 2.49. The van der Waals surface area contributed by atoms with E-state index in [9.17, 15) is 19.2 Å². The van der Waals surface area contributed by atoms with E-state index in [0.717, 1.165) is 50.2 Å². The summed E-state index contributed by atoms with van der Waals surface area (Å²) < 4.78 is 33.7. The van der Waals surface area contributed by atoms with Crippen LogP contribution in [0.4, 0.5) is 9.59 Å². The molecule has 5 heterocycles. The molecule has 0 spiro atoms. The Labute approximate surface area is 894 Å². The Morgan fingerprint density at radius 2 is 0.523 bits per heavy atom. The number of hydrogen-bond donors (Lipinski definition) is 2. The maximum absolute atomic E-state index is 12.6. The van der Waals surface area contributed by atoms with Crippen molar-refractivity contribution in [1.29, 1.82) is 0 Å². The van der Waals surface area contributed by atoms with Crippen molar-refractivity contribution < 1.29 is 58.3 Å². The molecule has 20 aromatic rings. The number of benzene rings is 18. The smallest absolute Gasteiger partial charge is 0.494 e. The van der Waals surface area contributed by atoms with Gasteiger partial charge in [-0.05, 0) is 224 Å². The number of rotatable bonds is 18. The maximum Gasteiger partial charge on any atom is 0.494 e. The largest absolute Gasteiger partial charge is 0.497 e. The van der Waals surface area contributed by atoms with Gasteiger partial charge in [-0.2, -0.15) is 10.2 Å². The minimum absolute atomic E-state index is 0. The topological polar surface area (TPSA) is 187 Å². The first-order valence-corrected chi connectivity index (χ1v) is 54.4. The Balaban J connectivity index is 0.000000126. The van der Waals surface area contributed by atoms with E-state index in [1.54, 1.807) is 72.6 Å². The van der Waals surface area contributed by atoms with E-state index in [1.807, 2.05) is 113 Å². The van der Waals surface area contributed by atoms with E-state index in [4.69, 9.17) is 39.9 Å². The van der Waals surface area contributed by atoms with Crippen LogP contribution in [0.15, 0.2) is 507 Å². The molecule has 0 atom stereocenters. The number of ether oxygens (including phenoxy) is 4. The third-order valence-electron chi connectivity index (χ3n) is 25.2. The summed E-state index contributed by atoms with van der Waals surface area (Å²) in [6.45, 7) is 10.1. The fourth-order valence-corrected chi connectivity index (χ4v) is 26.5. The molecule has 2 N–H and O–H groups in total. The molecule has 2 amide bonds. The molecule has 0 saturated carbocycles. The number of amides is 2. The summed E-state index contributed by atoms with van der Waals surface area (Å²) in [6, 6.07) is 170. The number of carbonyl (C=O) groups is 2. The number of carbonyl (C=O) groups excluding carboxylic acids is 2. The number of aromatic amines is 2. The molecule has 23 heteroatoms. The van der Waals surface area contributed by atoms with Crippen LogP contribution < -0.4 is 99.2 Å². The molecule has 0 unspecified atom stereocenters. The number of aromatic nitrogens is 4. The van der Waals surface area contributed by atoms with Crippen LogP contribution in [-0.4, -0.2) is 74.9 Å². The Morgan fingerprint density at radius 1 is 0.295 bits per heavy atom. The zero-order valence-electron chi connectivity index (χ0n) is 83.1. The van der Waals surface area contributed by atoms with E-state index < -0.39 is 56.1 Å². The van der Waals surface area contributed by atoms with Crippen LogP contribution in [0, 0.1) is 0 Å². The van der Waals surface area contributed by atoms with Crippen LogP contribution in [0.2, 0.25) is 5.15 Å². The van der Waals surface area contributed by atoms with Crippen molar-refractivity contribution in [3.8, 4) is 34.3 Å². The summed E-state index contributed by atoms with van der Waals surface area (Å²) in [5.41, 5.74) is 5.48. The first kappa shape index (κ1) is 107. The Morgan fingerprint density at radius 3 is 0.792 bits per heavy atom. The van der Waals surface area contributed by atoms with Gasteiger partial charge >= 0.3 is 19.3 Å². The standard InChI is InChI=1S/C24H19N3O4.C22H26BNO5.4C18H15P.C8H5ClN2O.Pd/c1-30-19-11-8-16-13-27(14-17(16)12-19)24(29)31-18-9-6-15(7-10-18)22-20-4-2-3-5-21(20)23(28)26-25-22;1-21(2)22(3,4)29-23(28-21)17-7-10-18(11-8-17)27-20(25)24-13-15-6-9-19(26-5)12-16(15)14-24;4*1-4-10-16(11-5-1)19(17-12-6-2-7-13-17)18-14-8-3-9-15-18;9-7-5-3-1-2-4-6(5)8(12)11-10-7;/h2-12H,13-14H2,1H3,(H,26,28);6-12H,13-14H2,1-5H3;4*1-15H;1-4H,(H,11,12);. The van der Waals surface area contributed by atoms with Crippen LogP contribution in [-0.2, 0) is 55.9 Å². The van der Waals surface area contributed by atoms with E-state index in [0.29, 0.717) is 64.7 Å². The monoisotopic (exact) mass is 2140 g/mol. The number of nitrogens with zero attached hydrogens (tertiary/aromatic N) is 4. The number of fused-ring (bicyclic) bond motifs is 4. The molecule has 744 valence electrons. The van der Waals surface area contributed by atoms with Gasteiger partial charge in [0.25, 0.3) is 11.1 Å². The second kappa shape index (κ2) is 52.6. The molecule has 0 bridgehead atoms. The number of methoxy groups -OCH3 is 2. The SMILES string of the molecule is COc1ccc2c(c1)CN(C(=O)Oc1ccc(-c3n[nH]c(=O)c4ccccc34)cc1)C2.COc1ccc2c(c1)CN(C(=O)Oc1ccc(B3OC(C)(C)C(C)(C)O3)cc1)C2.O=c1[nH]nc(Cl)c2ccccc12.[Pd].c1ccc(P(c2ccccc2)c2ccccc2)cc1.c1ccc(P(c2ccccc2)c2ccccc2)cc1.c1ccc(P(c2ccccc2)c2ccccc2)cc1.c1ccc(P(c2ccccc2)c2ccccc2)cc1. The van der Waals surface area contributed by atoms with Crippen molar-refractivity contribution in [2.24, 2.45) is 0 Å². The molecular formula is C126H110BClN6O10P4Pd. The van der Waals surface area contributed by atoms with Crippen LogP contribution in [0.3, 0.4) is 0 Å². The van der Waals surface area contributed by atoms with Gasteiger partial charge in [-0.25, -0.2) is 19.8 Å². The van der Waals surface area contributed by atoms with Gasteiger partial charge in [0.05, 0.1) is 41.9 Å². The third kappa shape index (κ3) is 27.9. The Hall–Kier alpha value is -15.0. The molecule has 3 aliphatic rings. The second-order valence-corrected chi connectivity index (χ2v) is 44.8. The first-order valence-electron chi connectivity index (χ1n) is 48.6. The Bertz CT molecular complexity index is 6950. The molecule has 149 heavy (non-hydrogen) atoms. The van der Waals surface area contributed by atoms with Gasteiger partial charge in [0.1, 0.15) is 23.0 Å². The summed E-state index contributed by atoms with van der Waals surface area (Å²) in [5, 5.41) is 32.4. The van der Waals surface area contributed by atoms with E-state index in [1.165, 1.54) is 63.7 Å². The molecule has 3 aliphatic heterocycles. The predicted molar refractivity (Wildman–Crippen MR) is 614 cm³/mol. The number of nitrogens with one attached hydrogen (secondary N) is 2. The van der Waals surface area contributed by atoms with Gasteiger partial charge in [0.15, 0.2) is 5.15 Å². The van der Waals surface area contributed by atoms with Crippen molar-refractivity contribution in [1.82, 2.24) is 30.2 Å². The average Bonchev–Trinajstić information content (AvgIpc) is 1.61. The molecule has 2 aromatic heterocycles. The van der Waals surface area contributed by atoms with E-state index in [2.05, 4.69) is 384 Å².